The zero-order valence-corrected chi connectivity index (χ0v) is 15.3. The molecule has 138 valence electrons. The van der Waals surface area contributed by atoms with E-state index in [2.05, 4.69) is 11.1 Å². The van der Waals surface area contributed by atoms with Crippen molar-refractivity contribution in [2.75, 3.05) is 13.1 Å². The highest BCUT2D eigenvalue weighted by Gasteiger charge is 2.36. The Balaban J connectivity index is 1.46. The van der Waals surface area contributed by atoms with Crippen LogP contribution < -0.4 is 0 Å². The number of nitrogens with zero attached hydrogens (tertiary/aromatic N) is 2. The number of hydrogen-bond acceptors (Lipinski definition) is 3. The van der Waals surface area contributed by atoms with Crippen molar-refractivity contribution in [3.05, 3.63) is 42.1 Å². The van der Waals surface area contributed by atoms with Crippen molar-refractivity contribution in [2.24, 2.45) is 11.8 Å². The van der Waals surface area contributed by atoms with Crippen molar-refractivity contribution in [3.63, 3.8) is 0 Å². The first-order valence-corrected chi connectivity index (χ1v) is 10.0. The lowest BCUT2D eigenvalue weighted by Gasteiger charge is -2.22. The van der Waals surface area contributed by atoms with E-state index in [1.54, 1.807) is 0 Å². The van der Waals surface area contributed by atoms with Gasteiger partial charge in [0.2, 0.25) is 5.91 Å². The normalized spacial score (nSPS) is 24.7. The highest BCUT2D eigenvalue weighted by atomic mass is 16.3. The Morgan fingerprint density at radius 1 is 1.08 bits per heavy atom. The maximum Gasteiger partial charge on any atom is 0.225 e. The van der Waals surface area contributed by atoms with Crippen LogP contribution in [0.25, 0.3) is 10.9 Å². The Bertz CT molecular complexity index is 762. The van der Waals surface area contributed by atoms with Gasteiger partial charge in [0.15, 0.2) is 0 Å². The van der Waals surface area contributed by atoms with E-state index in [9.17, 15) is 9.90 Å². The second-order valence-electron chi connectivity index (χ2n) is 7.95. The van der Waals surface area contributed by atoms with E-state index >= 15 is 0 Å². The van der Waals surface area contributed by atoms with Crippen molar-refractivity contribution in [3.8, 4) is 0 Å². The SMILES string of the molecule is O=C(C1CCCCCC1)N1C[C@@H](Cc2ccnc3ccccc23)[C@H](O)C1. The number of likely N-dealkylation sites (tertiary alicyclic amines) is 1. The van der Waals surface area contributed by atoms with Gasteiger partial charge in [-0.2, -0.15) is 0 Å². The number of para-hydroxylation sites is 1. The Morgan fingerprint density at radius 3 is 2.65 bits per heavy atom. The van der Waals surface area contributed by atoms with Gasteiger partial charge in [-0.25, -0.2) is 0 Å². The number of benzene rings is 1. The minimum atomic E-state index is -0.434. The first-order valence-electron chi connectivity index (χ1n) is 10.0. The first-order chi connectivity index (χ1) is 12.7. The molecule has 0 unspecified atom stereocenters. The molecule has 2 aliphatic rings. The molecular weight excluding hydrogens is 324 g/mol. The number of carbonyl (C=O) groups excluding carboxylic acids is 1. The smallest absolute Gasteiger partial charge is 0.225 e. The molecule has 0 radical (unpaired) electrons. The summed E-state index contributed by atoms with van der Waals surface area (Å²) in [6, 6.07) is 10.2. The Kier molecular flexibility index (Phi) is 5.21. The number of amides is 1. The van der Waals surface area contributed by atoms with Gasteiger partial charge in [0.25, 0.3) is 0 Å². The van der Waals surface area contributed by atoms with E-state index < -0.39 is 6.10 Å². The predicted octanol–water partition coefficient (Wildman–Crippen LogP) is 3.57. The number of rotatable bonds is 3. The third kappa shape index (κ3) is 3.61. The fourth-order valence-electron chi connectivity index (χ4n) is 4.63. The van der Waals surface area contributed by atoms with Crippen LogP contribution in [0.15, 0.2) is 36.5 Å². The third-order valence-electron chi connectivity index (χ3n) is 6.14. The molecule has 26 heavy (non-hydrogen) atoms. The van der Waals surface area contributed by atoms with Crippen LogP contribution in [0.1, 0.15) is 44.1 Å². The van der Waals surface area contributed by atoms with Crippen LogP contribution in [0.2, 0.25) is 0 Å². The van der Waals surface area contributed by atoms with Gasteiger partial charge in [0, 0.05) is 36.5 Å². The van der Waals surface area contributed by atoms with Crippen LogP contribution in [0.5, 0.6) is 0 Å². The van der Waals surface area contributed by atoms with Crippen LogP contribution in [-0.2, 0) is 11.2 Å². The van der Waals surface area contributed by atoms with Gasteiger partial charge in [0.05, 0.1) is 11.6 Å². The topological polar surface area (TPSA) is 53.4 Å². The summed E-state index contributed by atoms with van der Waals surface area (Å²) in [4.78, 5) is 19.3. The van der Waals surface area contributed by atoms with Gasteiger partial charge in [-0.3, -0.25) is 9.78 Å². The zero-order chi connectivity index (χ0) is 17.9. The molecule has 1 amide bonds. The standard InChI is InChI=1S/C22H28N2O2/c25-21-15-24(22(26)16-7-3-1-2-4-8-16)14-18(21)13-17-11-12-23-20-10-6-5-9-19(17)20/h5-6,9-12,16,18,21,25H,1-4,7-8,13-15H2/t18-,21-/m1/s1. The van der Waals surface area contributed by atoms with Crippen LogP contribution in [0.3, 0.4) is 0 Å². The molecule has 1 aliphatic heterocycles. The summed E-state index contributed by atoms with van der Waals surface area (Å²) in [7, 11) is 0. The fourth-order valence-corrected chi connectivity index (χ4v) is 4.63. The van der Waals surface area contributed by atoms with Crippen LogP contribution >= 0.6 is 0 Å². The highest BCUT2D eigenvalue weighted by Crippen LogP contribution is 2.29. The number of β-amino-alcohol motifs (C(OH)–C–C–N with tert-alkyl or cyclic N) is 1. The van der Waals surface area contributed by atoms with E-state index in [0.717, 1.165) is 30.2 Å². The van der Waals surface area contributed by atoms with Crippen molar-refractivity contribution in [1.29, 1.82) is 0 Å². The van der Waals surface area contributed by atoms with Crippen LogP contribution in [-0.4, -0.2) is 40.1 Å². The molecule has 1 aromatic carbocycles. The molecule has 4 heteroatoms. The number of aliphatic hydroxyl groups is 1. The van der Waals surface area contributed by atoms with E-state index in [4.69, 9.17) is 0 Å². The summed E-state index contributed by atoms with van der Waals surface area (Å²) in [5.41, 5.74) is 2.20. The quantitative estimate of drug-likeness (QED) is 0.859. The Hall–Kier alpha value is -1.94. The molecule has 1 aliphatic carbocycles. The highest BCUT2D eigenvalue weighted by molar-refractivity contribution is 5.82. The number of carbonyl (C=O) groups is 1. The number of aliphatic hydroxyl groups excluding tert-OH is 1. The van der Waals surface area contributed by atoms with Gasteiger partial charge in [-0.05, 0) is 37.0 Å². The molecule has 2 atom stereocenters. The number of pyridine rings is 1. The first kappa shape index (κ1) is 17.5. The number of aromatic nitrogens is 1. The molecule has 1 saturated heterocycles. The lowest BCUT2D eigenvalue weighted by molar-refractivity contribution is -0.135. The summed E-state index contributed by atoms with van der Waals surface area (Å²) in [5.74, 6) is 0.550. The molecule has 2 aromatic rings. The minimum Gasteiger partial charge on any atom is -0.391 e. The van der Waals surface area contributed by atoms with Gasteiger partial charge in [0.1, 0.15) is 0 Å². The van der Waals surface area contributed by atoms with Gasteiger partial charge in [-0.1, -0.05) is 43.9 Å². The molecule has 1 N–H and O–H groups in total. The lowest BCUT2D eigenvalue weighted by Crippen LogP contribution is -2.35. The second kappa shape index (κ2) is 7.75. The molecular formula is C22H28N2O2. The summed E-state index contributed by atoms with van der Waals surface area (Å²) >= 11 is 0. The maximum atomic E-state index is 12.9. The molecule has 4 nitrogen and oxygen atoms in total. The summed E-state index contributed by atoms with van der Waals surface area (Å²) in [6.07, 6.45) is 9.08. The molecule has 0 spiro atoms. The van der Waals surface area contributed by atoms with Gasteiger partial charge < -0.3 is 10.0 Å². The average molecular weight is 352 g/mol. The van der Waals surface area contributed by atoms with E-state index in [0.29, 0.717) is 13.1 Å². The van der Waals surface area contributed by atoms with E-state index in [1.165, 1.54) is 31.2 Å². The zero-order valence-electron chi connectivity index (χ0n) is 15.3. The second-order valence-corrected chi connectivity index (χ2v) is 7.95. The number of hydrogen-bond donors (Lipinski definition) is 1. The van der Waals surface area contributed by atoms with Crippen molar-refractivity contribution in [1.82, 2.24) is 9.88 Å². The summed E-state index contributed by atoms with van der Waals surface area (Å²) in [5, 5.41) is 11.7. The van der Waals surface area contributed by atoms with Crippen LogP contribution in [0.4, 0.5) is 0 Å². The summed E-state index contributed by atoms with van der Waals surface area (Å²) in [6.45, 7) is 1.16. The molecule has 2 heterocycles. The molecule has 2 fully saturated rings. The summed E-state index contributed by atoms with van der Waals surface area (Å²) < 4.78 is 0. The third-order valence-corrected chi connectivity index (χ3v) is 6.14. The van der Waals surface area contributed by atoms with Gasteiger partial charge >= 0.3 is 0 Å². The van der Waals surface area contributed by atoms with E-state index in [1.807, 2.05) is 35.4 Å². The maximum absolute atomic E-state index is 12.9. The van der Waals surface area contributed by atoms with Crippen molar-refractivity contribution >= 4 is 16.8 Å². The largest absolute Gasteiger partial charge is 0.391 e. The average Bonchev–Trinajstić information content (AvgIpc) is 2.87. The minimum absolute atomic E-state index is 0.107. The van der Waals surface area contributed by atoms with Crippen molar-refractivity contribution in [2.45, 2.75) is 51.0 Å². The fraction of sp³-hybridized carbons (Fsp3) is 0.545. The molecule has 4 rings (SSSR count). The monoisotopic (exact) mass is 352 g/mol. The molecule has 1 saturated carbocycles. The van der Waals surface area contributed by atoms with Crippen LogP contribution in [0, 0.1) is 11.8 Å². The molecule has 1 aromatic heterocycles. The Labute approximate surface area is 155 Å². The lowest BCUT2D eigenvalue weighted by atomic mass is 9.94. The Morgan fingerprint density at radius 2 is 1.85 bits per heavy atom. The predicted molar refractivity (Wildman–Crippen MR) is 103 cm³/mol. The number of fused-ring (bicyclic) bond motifs is 1. The van der Waals surface area contributed by atoms with Crippen molar-refractivity contribution < 1.29 is 9.90 Å². The van der Waals surface area contributed by atoms with Gasteiger partial charge in [-0.15, -0.1) is 0 Å². The van der Waals surface area contributed by atoms with E-state index in [-0.39, 0.29) is 17.7 Å². The molecule has 0 bridgehead atoms.